The molecule has 3 N–H and O–H groups in total. The molecule has 28 heavy (non-hydrogen) atoms. The molecule has 0 aliphatic rings. The van der Waals surface area contributed by atoms with Crippen LogP contribution in [-0.4, -0.2) is 46.1 Å². The van der Waals surface area contributed by atoms with E-state index in [1.165, 1.54) is 0 Å². The van der Waals surface area contributed by atoms with E-state index in [4.69, 9.17) is 11.6 Å². The Balaban J connectivity index is 1.52. The van der Waals surface area contributed by atoms with Crippen molar-refractivity contribution in [3.63, 3.8) is 0 Å². The first-order valence-electron chi connectivity index (χ1n) is 9.02. The lowest BCUT2D eigenvalue weighted by Crippen LogP contribution is -2.41. The van der Waals surface area contributed by atoms with Crippen LogP contribution < -0.4 is 16.0 Å². The lowest BCUT2D eigenvalue weighted by Gasteiger charge is -2.12. The number of fused-ring (bicyclic) bond motifs is 1. The van der Waals surface area contributed by atoms with Gasteiger partial charge in [-0.05, 0) is 31.2 Å². The van der Waals surface area contributed by atoms with Crippen LogP contribution in [0.5, 0.6) is 0 Å². The Labute approximate surface area is 168 Å². The maximum absolute atomic E-state index is 12.2. The molecular formula is C19H22ClN7O. The summed E-state index contributed by atoms with van der Waals surface area (Å²) in [5.74, 6) is 1.19. The lowest BCUT2D eigenvalue weighted by atomic mass is 10.2. The number of carbonyl (C=O) groups excluding carboxylic acids is 1. The van der Waals surface area contributed by atoms with Crippen molar-refractivity contribution in [3.8, 4) is 0 Å². The molecule has 2 heterocycles. The van der Waals surface area contributed by atoms with Crippen LogP contribution in [0.15, 0.2) is 53.7 Å². The van der Waals surface area contributed by atoms with Gasteiger partial charge in [0.2, 0.25) is 0 Å². The summed E-state index contributed by atoms with van der Waals surface area (Å²) < 4.78 is 1.90. The number of halogens is 1. The van der Waals surface area contributed by atoms with Gasteiger partial charge < -0.3 is 16.0 Å². The van der Waals surface area contributed by atoms with E-state index in [1.807, 2.05) is 35.7 Å². The highest BCUT2D eigenvalue weighted by Crippen LogP contribution is 2.14. The summed E-state index contributed by atoms with van der Waals surface area (Å²) in [5, 5.41) is 17.9. The third-order valence-corrected chi connectivity index (χ3v) is 4.26. The fourth-order valence-corrected chi connectivity index (χ4v) is 2.81. The number of pyridine rings is 1. The minimum atomic E-state index is -0.204. The van der Waals surface area contributed by atoms with Crippen molar-refractivity contribution in [2.24, 2.45) is 4.99 Å². The summed E-state index contributed by atoms with van der Waals surface area (Å²) in [5.41, 5.74) is 1.25. The van der Waals surface area contributed by atoms with E-state index in [9.17, 15) is 4.79 Å². The van der Waals surface area contributed by atoms with E-state index in [-0.39, 0.29) is 5.91 Å². The second-order valence-corrected chi connectivity index (χ2v) is 6.31. The van der Waals surface area contributed by atoms with Crippen LogP contribution in [-0.2, 0) is 6.54 Å². The van der Waals surface area contributed by atoms with E-state index >= 15 is 0 Å². The van der Waals surface area contributed by atoms with Crippen LogP contribution in [0, 0.1) is 0 Å². The number of nitrogens with one attached hydrogen (secondary N) is 3. The predicted molar refractivity (Wildman–Crippen MR) is 110 cm³/mol. The number of hydrogen-bond acceptors (Lipinski definition) is 4. The second-order valence-electron chi connectivity index (χ2n) is 5.90. The second kappa shape index (κ2) is 9.70. The number of aliphatic imine (C=N–C) groups is 1. The summed E-state index contributed by atoms with van der Waals surface area (Å²) >= 11 is 6.04. The summed E-state index contributed by atoms with van der Waals surface area (Å²) in [4.78, 5) is 16.7. The number of amides is 1. The van der Waals surface area contributed by atoms with Crippen LogP contribution in [0.25, 0.3) is 5.65 Å². The summed E-state index contributed by atoms with van der Waals surface area (Å²) in [6, 6.07) is 12.7. The SMILES string of the molecule is CCNC(=NCc1nnc2ccccn12)NCCNC(=O)c1ccccc1Cl. The van der Waals surface area contributed by atoms with E-state index < -0.39 is 0 Å². The molecule has 0 fully saturated rings. The molecule has 0 saturated carbocycles. The number of rotatable bonds is 7. The zero-order chi connectivity index (χ0) is 19.8. The molecule has 0 aliphatic carbocycles. The molecule has 8 nitrogen and oxygen atoms in total. The van der Waals surface area contributed by atoms with Gasteiger partial charge in [0.15, 0.2) is 17.4 Å². The van der Waals surface area contributed by atoms with Crippen LogP contribution in [0.2, 0.25) is 5.02 Å². The average Bonchev–Trinajstić information content (AvgIpc) is 3.12. The number of benzene rings is 1. The van der Waals surface area contributed by atoms with Crippen molar-refractivity contribution in [2.75, 3.05) is 19.6 Å². The molecule has 0 unspecified atom stereocenters. The van der Waals surface area contributed by atoms with Crippen molar-refractivity contribution in [3.05, 3.63) is 65.1 Å². The van der Waals surface area contributed by atoms with Gasteiger partial charge in [0.1, 0.15) is 6.54 Å². The Kier molecular flexibility index (Phi) is 6.80. The van der Waals surface area contributed by atoms with Crippen LogP contribution in [0.3, 0.4) is 0 Å². The molecule has 0 spiro atoms. The summed E-state index contributed by atoms with van der Waals surface area (Å²) in [6.45, 7) is 4.04. The van der Waals surface area contributed by atoms with Gasteiger partial charge in [-0.2, -0.15) is 0 Å². The van der Waals surface area contributed by atoms with Gasteiger partial charge in [0, 0.05) is 25.8 Å². The van der Waals surface area contributed by atoms with E-state index in [2.05, 4.69) is 31.1 Å². The number of aromatic nitrogens is 3. The van der Waals surface area contributed by atoms with Crippen LogP contribution >= 0.6 is 11.6 Å². The molecule has 0 radical (unpaired) electrons. The quantitative estimate of drug-likeness (QED) is 0.320. The molecule has 0 bridgehead atoms. The molecule has 1 amide bonds. The van der Waals surface area contributed by atoms with Crippen LogP contribution in [0.4, 0.5) is 0 Å². The molecule has 9 heteroatoms. The maximum Gasteiger partial charge on any atom is 0.252 e. The first-order valence-corrected chi connectivity index (χ1v) is 9.40. The third-order valence-electron chi connectivity index (χ3n) is 3.93. The molecule has 1 aromatic carbocycles. The molecule has 146 valence electrons. The summed E-state index contributed by atoms with van der Waals surface area (Å²) in [7, 11) is 0. The van der Waals surface area contributed by atoms with E-state index in [1.54, 1.807) is 24.3 Å². The molecule has 3 aromatic rings. The topological polar surface area (TPSA) is 95.7 Å². The largest absolute Gasteiger partial charge is 0.357 e. The molecule has 2 aromatic heterocycles. The Hall–Kier alpha value is -3.13. The Morgan fingerprint density at radius 2 is 1.86 bits per heavy atom. The fraction of sp³-hybridized carbons (Fsp3) is 0.263. The standard InChI is InChI=1S/C19H22ClN7O/c1-2-21-19(24-13-17-26-25-16-9-5-6-12-27(16)17)23-11-10-22-18(28)14-7-3-4-8-15(14)20/h3-9,12H,2,10-11,13H2,1H3,(H,22,28)(H2,21,23,24). The molecular weight excluding hydrogens is 378 g/mol. The van der Waals surface area contributed by atoms with Crippen LogP contribution in [0.1, 0.15) is 23.1 Å². The number of nitrogens with zero attached hydrogens (tertiary/aromatic N) is 4. The predicted octanol–water partition coefficient (Wildman–Crippen LogP) is 1.87. The highest BCUT2D eigenvalue weighted by Gasteiger charge is 2.09. The van der Waals surface area contributed by atoms with Crippen molar-refractivity contribution in [1.82, 2.24) is 30.5 Å². The Morgan fingerprint density at radius 3 is 2.68 bits per heavy atom. The van der Waals surface area contributed by atoms with Crippen molar-refractivity contribution in [1.29, 1.82) is 0 Å². The van der Waals surface area contributed by atoms with Crippen molar-refractivity contribution >= 4 is 29.1 Å². The zero-order valence-corrected chi connectivity index (χ0v) is 16.3. The van der Waals surface area contributed by atoms with Gasteiger partial charge in [0.05, 0.1) is 10.6 Å². The highest BCUT2D eigenvalue weighted by atomic mass is 35.5. The molecule has 0 atom stereocenters. The van der Waals surface area contributed by atoms with Gasteiger partial charge >= 0.3 is 0 Å². The van der Waals surface area contributed by atoms with E-state index in [0.29, 0.717) is 36.2 Å². The van der Waals surface area contributed by atoms with Gasteiger partial charge in [-0.25, -0.2) is 4.99 Å². The number of carbonyl (C=O) groups is 1. The Bertz CT molecular complexity index is 970. The fourth-order valence-electron chi connectivity index (χ4n) is 2.59. The average molecular weight is 400 g/mol. The number of hydrogen-bond donors (Lipinski definition) is 3. The smallest absolute Gasteiger partial charge is 0.252 e. The lowest BCUT2D eigenvalue weighted by molar-refractivity contribution is 0.0954. The van der Waals surface area contributed by atoms with Crippen molar-refractivity contribution < 1.29 is 4.79 Å². The minimum Gasteiger partial charge on any atom is -0.357 e. The highest BCUT2D eigenvalue weighted by molar-refractivity contribution is 6.33. The molecule has 3 rings (SSSR count). The van der Waals surface area contributed by atoms with E-state index in [0.717, 1.165) is 18.0 Å². The monoisotopic (exact) mass is 399 g/mol. The minimum absolute atomic E-state index is 0.204. The maximum atomic E-state index is 12.2. The molecule has 0 saturated heterocycles. The summed E-state index contributed by atoms with van der Waals surface area (Å²) in [6.07, 6.45) is 1.91. The van der Waals surface area contributed by atoms with Gasteiger partial charge in [-0.3, -0.25) is 9.20 Å². The Morgan fingerprint density at radius 1 is 1.07 bits per heavy atom. The molecule has 0 aliphatic heterocycles. The van der Waals surface area contributed by atoms with Crippen molar-refractivity contribution in [2.45, 2.75) is 13.5 Å². The first-order chi connectivity index (χ1) is 13.7. The zero-order valence-electron chi connectivity index (χ0n) is 15.5. The van der Waals surface area contributed by atoms with Gasteiger partial charge in [-0.1, -0.05) is 29.8 Å². The number of guanidine groups is 1. The third kappa shape index (κ3) is 4.98. The first kappa shape index (κ1) is 19.6. The van der Waals surface area contributed by atoms with Gasteiger partial charge in [-0.15, -0.1) is 10.2 Å². The normalized spacial score (nSPS) is 11.4. The van der Waals surface area contributed by atoms with Gasteiger partial charge in [0.25, 0.3) is 5.91 Å².